The molecule has 0 heterocycles. The summed E-state index contributed by atoms with van der Waals surface area (Å²) in [6.07, 6.45) is 6.10. The van der Waals surface area contributed by atoms with Crippen molar-refractivity contribution in [2.45, 2.75) is 57.6 Å². The van der Waals surface area contributed by atoms with Gasteiger partial charge in [-0.15, -0.1) is 0 Å². The van der Waals surface area contributed by atoms with E-state index in [-0.39, 0.29) is 27.1 Å². The van der Waals surface area contributed by atoms with E-state index in [0.29, 0.717) is 0 Å². The van der Waals surface area contributed by atoms with Crippen LogP contribution in [0.4, 0.5) is 0 Å². The van der Waals surface area contributed by atoms with E-state index in [2.05, 4.69) is 20.8 Å². The van der Waals surface area contributed by atoms with E-state index in [4.69, 9.17) is 12.6 Å². The molecule has 0 aliphatic carbocycles. The van der Waals surface area contributed by atoms with Gasteiger partial charge in [0, 0.05) is 0 Å². The number of unbranched alkanes of at least 4 members (excludes halogenated alkanes) is 1. The summed E-state index contributed by atoms with van der Waals surface area (Å²) in [5, 5.41) is 0. The summed E-state index contributed by atoms with van der Waals surface area (Å²) in [4.78, 5) is 0. The summed E-state index contributed by atoms with van der Waals surface area (Å²) in [5.41, 5.74) is 0. The van der Waals surface area contributed by atoms with Crippen LogP contribution in [0.15, 0.2) is 0 Å². The predicted octanol–water partition coefficient (Wildman–Crippen LogP) is 3.28. The van der Waals surface area contributed by atoms with Gasteiger partial charge in [-0.25, -0.2) is 0 Å². The van der Waals surface area contributed by atoms with Crippen LogP contribution in [-0.4, -0.2) is 4.75 Å². The van der Waals surface area contributed by atoms with E-state index < -0.39 is 0 Å². The normalized spacial score (nSPS) is 10.9. The molecule has 72 valence electrons. The fraction of sp³-hybridized carbons (Fsp3) is 1.00. The molecule has 0 spiro atoms. The molecule has 0 radical (unpaired) electrons. The fourth-order valence-corrected chi connectivity index (χ4v) is 1.25. The molecule has 0 aromatic carbocycles. The Morgan fingerprint density at radius 3 is 1.82 bits per heavy atom. The average molecular weight is 267 g/mol. The van der Waals surface area contributed by atoms with Gasteiger partial charge >= 0.3 is 22.4 Å². The summed E-state index contributed by atoms with van der Waals surface area (Å²) in [5.74, 6) is 0. The molecule has 0 N–H and O–H groups in total. The van der Waals surface area contributed by atoms with Crippen LogP contribution in [0.1, 0.15) is 52.9 Å². The Morgan fingerprint density at radius 1 is 1.09 bits per heavy atom. The van der Waals surface area contributed by atoms with Gasteiger partial charge in [0.15, 0.2) is 0 Å². The van der Waals surface area contributed by atoms with Gasteiger partial charge in [-0.1, -0.05) is 52.9 Å². The first-order valence-electron chi connectivity index (χ1n) is 4.39. The first-order chi connectivity index (χ1) is 4.68. The average Bonchev–Trinajstić information content (AvgIpc) is 2.00. The number of hydrogen-bond donors (Lipinski definition) is 0. The van der Waals surface area contributed by atoms with Crippen molar-refractivity contribution in [3.8, 4) is 0 Å². The van der Waals surface area contributed by atoms with E-state index >= 15 is 0 Å². The second kappa shape index (κ2) is 7.72. The van der Waals surface area contributed by atoms with Gasteiger partial charge in [-0.3, -0.25) is 0 Å². The smallest absolute Gasteiger partial charge is 0.786 e. The molecule has 0 saturated heterocycles. The quantitative estimate of drug-likeness (QED) is 0.544. The van der Waals surface area contributed by atoms with Crippen LogP contribution in [-0.2, 0) is 35.0 Å². The maximum atomic E-state index is 5.47. The zero-order chi connectivity index (χ0) is 8.04. The molecule has 11 heavy (non-hydrogen) atoms. The summed E-state index contributed by atoms with van der Waals surface area (Å²) in [7, 11) is 0. The minimum absolute atomic E-state index is 0. The topological polar surface area (TPSA) is 0 Å². The molecule has 0 fully saturated rings. The molecule has 0 atom stereocenters. The Balaban J connectivity index is 0. The number of rotatable bonds is 5. The van der Waals surface area contributed by atoms with Crippen molar-refractivity contribution in [2.75, 3.05) is 0 Å². The first-order valence-corrected chi connectivity index (χ1v) is 4.79. The fourth-order valence-electron chi connectivity index (χ4n) is 1.10. The molecule has 0 unspecified atom stereocenters. The SMILES string of the molecule is CCCCC([S-])(CC)CC.[Ag+]. The van der Waals surface area contributed by atoms with Crippen LogP contribution in [0.2, 0.25) is 0 Å². The van der Waals surface area contributed by atoms with E-state index in [1.54, 1.807) is 0 Å². The van der Waals surface area contributed by atoms with Crippen molar-refractivity contribution in [3.63, 3.8) is 0 Å². The van der Waals surface area contributed by atoms with Gasteiger partial charge in [0.2, 0.25) is 0 Å². The third-order valence-electron chi connectivity index (χ3n) is 2.27. The minimum atomic E-state index is 0. The molecule has 0 nitrogen and oxygen atoms in total. The van der Waals surface area contributed by atoms with Gasteiger partial charge in [0.05, 0.1) is 0 Å². The molecule has 0 bridgehead atoms. The van der Waals surface area contributed by atoms with Crippen LogP contribution < -0.4 is 0 Å². The van der Waals surface area contributed by atoms with Gasteiger partial charge in [-0.05, 0) is 0 Å². The van der Waals surface area contributed by atoms with Crippen molar-refractivity contribution >= 4 is 12.6 Å². The maximum absolute atomic E-state index is 5.47. The molecule has 0 aliphatic rings. The largest absolute Gasteiger partial charge is 1.00 e. The molecule has 0 aliphatic heterocycles. The van der Waals surface area contributed by atoms with Crippen LogP contribution in [0, 0.1) is 0 Å². The first kappa shape index (κ1) is 14.6. The van der Waals surface area contributed by atoms with E-state index in [1.165, 1.54) is 19.3 Å². The molecule has 0 aromatic rings. The molecular weight excluding hydrogens is 248 g/mol. The molecule has 2 heteroatoms. The molecular formula is C9H19AgS. The van der Waals surface area contributed by atoms with E-state index in [9.17, 15) is 0 Å². The summed E-state index contributed by atoms with van der Waals surface area (Å²) in [6, 6.07) is 0. The van der Waals surface area contributed by atoms with Crippen molar-refractivity contribution in [1.29, 1.82) is 0 Å². The zero-order valence-electron chi connectivity index (χ0n) is 7.75. The van der Waals surface area contributed by atoms with Crippen LogP contribution in [0.5, 0.6) is 0 Å². The molecule has 0 amide bonds. The van der Waals surface area contributed by atoms with Crippen LogP contribution in [0.3, 0.4) is 0 Å². The third-order valence-corrected chi connectivity index (χ3v) is 3.06. The Labute approximate surface area is 92.4 Å². The Hall–Kier alpha value is 1.09. The van der Waals surface area contributed by atoms with E-state index in [0.717, 1.165) is 12.8 Å². The second-order valence-corrected chi connectivity index (χ2v) is 3.86. The predicted molar refractivity (Wildman–Crippen MR) is 50.2 cm³/mol. The van der Waals surface area contributed by atoms with Crippen molar-refractivity contribution < 1.29 is 22.4 Å². The Bertz CT molecular complexity index is 79.6. The maximum Gasteiger partial charge on any atom is 1.00 e. The molecule has 0 saturated carbocycles. The van der Waals surface area contributed by atoms with Gasteiger partial charge in [0.25, 0.3) is 0 Å². The summed E-state index contributed by atoms with van der Waals surface area (Å²) in [6.45, 7) is 6.62. The standard InChI is InChI=1S/C9H20S.Ag/c1-4-7-8-9(10,5-2)6-3;/h10H,4-8H2,1-3H3;/q;+1/p-1. The zero-order valence-corrected chi connectivity index (χ0v) is 10.0. The van der Waals surface area contributed by atoms with E-state index in [1.807, 2.05) is 0 Å². The van der Waals surface area contributed by atoms with Crippen LogP contribution in [0.25, 0.3) is 0 Å². The van der Waals surface area contributed by atoms with Crippen molar-refractivity contribution in [1.82, 2.24) is 0 Å². The molecule has 0 rings (SSSR count). The summed E-state index contributed by atoms with van der Waals surface area (Å²) >= 11 is 5.47. The third kappa shape index (κ3) is 6.27. The monoisotopic (exact) mass is 266 g/mol. The van der Waals surface area contributed by atoms with Gasteiger partial charge < -0.3 is 12.6 Å². The van der Waals surface area contributed by atoms with Crippen LogP contribution >= 0.6 is 0 Å². The van der Waals surface area contributed by atoms with Gasteiger partial charge in [0.1, 0.15) is 0 Å². The Morgan fingerprint density at radius 2 is 1.55 bits per heavy atom. The second-order valence-electron chi connectivity index (χ2n) is 2.99. The number of hydrogen-bond acceptors (Lipinski definition) is 1. The Kier molecular flexibility index (Phi) is 10.3. The molecule has 0 aromatic heterocycles. The van der Waals surface area contributed by atoms with Gasteiger partial charge in [-0.2, -0.15) is 4.75 Å². The van der Waals surface area contributed by atoms with Crippen molar-refractivity contribution in [2.24, 2.45) is 0 Å². The minimum Gasteiger partial charge on any atom is -0.786 e. The van der Waals surface area contributed by atoms with Crippen molar-refractivity contribution in [3.05, 3.63) is 0 Å². The summed E-state index contributed by atoms with van der Waals surface area (Å²) < 4.78 is 0.218.